The van der Waals surface area contributed by atoms with E-state index in [1.54, 1.807) is 17.4 Å². The minimum atomic E-state index is -0.230. The number of benzene rings is 3. The lowest BCUT2D eigenvalue weighted by molar-refractivity contribution is -0.111. The average molecular weight is 423 g/mol. The summed E-state index contributed by atoms with van der Waals surface area (Å²) >= 11 is 1.61. The lowest BCUT2D eigenvalue weighted by Crippen LogP contribution is -2.08. The van der Waals surface area contributed by atoms with Gasteiger partial charge in [-0.1, -0.05) is 54.6 Å². The maximum Gasteiger partial charge on any atom is 0.248 e. The second kappa shape index (κ2) is 8.42. The molecule has 2 aromatic heterocycles. The van der Waals surface area contributed by atoms with Crippen LogP contribution in [0.5, 0.6) is 0 Å². The van der Waals surface area contributed by atoms with Gasteiger partial charge in [-0.15, -0.1) is 11.3 Å². The number of para-hydroxylation sites is 2. The number of thiazole rings is 1. The van der Waals surface area contributed by atoms with Crippen LogP contribution in [0.2, 0.25) is 0 Å². The van der Waals surface area contributed by atoms with E-state index >= 15 is 0 Å². The summed E-state index contributed by atoms with van der Waals surface area (Å²) in [6, 6.07) is 29.3. The van der Waals surface area contributed by atoms with Crippen molar-refractivity contribution in [3.05, 3.63) is 103 Å². The van der Waals surface area contributed by atoms with Crippen molar-refractivity contribution in [3.63, 3.8) is 0 Å². The number of nitrogens with one attached hydrogen (secondary N) is 1. The summed E-state index contributed by atoms with van der Waals surface area (Å²) in [7, 11) is 0. The Morgan fingerprint density at radius 1 is 0.871 bits per heavy atom. The van der Waals surface area contributed by atoms with E-state index in [4.69, 9.17) is 9.40 Å². The van der Waals surface area contributed by atoms with E-state index in [9.17, 15) is 4.79 Å². The number of aromatic nitrogens is 1. The molecule has 0 saturated carbocycles. The molecule has 3 aromatic carbocycles. The predicted molar refractivity (Wildman–Crippen MR) is 127 cm³/mol. The molecule has 5 rings (SSSR count). The van der Waals surface area contributed by atoms with E-state index in [0.29, 0.717) is 5.76 Å². The third-order valence-electron chi connectivity index (χ3n) is 4.79. The van der Waals surface area contributed by atoms with Gasteiger partial charge in [0.1, 0.15) is 16.5 Å². The van der Waals surface area contributed by atoms with Gasteiger partial charge < -0.3 is 9.73 Å². The van der Waals surface area contributed by atoms with Crippen molar-refractivity contribution in [2.45, 2.75) is 0 Å². The van der Waals surface area contributed by atoms with Crippen molar-refractivity contribution < 1.29 is 9.21 Å². The van der Waals surface area contributed by atoms with E-state index < -0.39 is 0 Å². The molecule has 0 radical (unpaired) electrons. The second-order valence-corrected chi connectivity index (χ2v) is 7.95. The molecule has 0 aliphatic carbocycles. The zero-order valence-corrected chi connectivity index (χ0v) is 17.3. The Labute approximate surface area is 183 Å². The van der Waals surface area contributed by atoms with Gasteiger partial charge >= 0.3 is 0 Å². The van der Waals surface area contributed by atoms with Crippen molar-refractivity contribution in [2.75, 3.05) is 5.32 Å². The van der Waals surface area contributed by atoms with E-state index in [0.717, 1.165) is 37.8 Å². The van der Waals surface area contributed by atoms with Gasteiger partial charge in [-0.25, -0.2) is 4.98 Å². The number of fused-ring (bicyclic) bond motifs is 1. The van der Waals surface area contributed by atoms with Crippen LogP contribution in [0, 0.1) is 0 Å². The van der Waals surface area contributed by atoms with E-state index in [-0.39, 0.29) is 5.91 Å². The Balaban J connectivity index is 1.34. The van der Waals surface area contributed by atoms with Crippen LogP contribution >= 0.6 is 11.3 Å². The van der Waals surface area contributed by atoms with Crippen LogP contribution in [0.1, 0.15) is 5.76 Å². The first-order chi connectivity index (χ1) is 15.3. The minimum absolute atomic E-state index is 0.230. The predicted octanol–water partition coefficient (Wildman–Crippen LogP) is 6.88. The summed E-state index contributed by atoms with van der Waals surface area (Å²) in [5.74, 6) is 1.15. The molecule has 0 spiro atoms. The van der Waals surface area contributed by atoms with Crippen molar-refractivity contribution in [1.29, 1.82) is 0 Å². The van der Waals surface area contributed by atoms with Crippen LogP contribution < -0.4 is 5.32 Å². The molecule has 0 aliphatic rings. The molecule has 0 fully saturated rings. The van der Waals surface area contributed by atoms with Gasteiger partial charge in [0, 0.05) is 17.2 Å². The fourth-order valence-electron chi connectivity index (χ4n) is 3.30. The number of furan rings is 1. The highest BCUT2D eigenvalue weighted by molar-refractivity contribution is 7.21. The third-order valence-corrected chi connectivity index (χ3v) is 5.86. The van der Waals surface area contributed by atoms with E-state index in [1.165, 1.54) is 6.08 Å². The normalized spacial score (nSPS) is 11.2. The minimum Gasteiger partial charge on any atom is -0.457 e. The van der Waals surface area contributed by atoms with Gasteiger partial charge in [0.05, 0.1) is 15.9 Å². The molecule has 2 heterocycles. The molecule has 0 saturated heterocycles. The first-order valence-corrected chi connectivity index (χ1v) is 10.7. The van der Waals surface area contributed by atoms with Crippen molar-refractivity contribution in [3.8, 4) is 21.9 Å². The summed E-state index contributed by atoms with van der Waals surface area (Å²) in [5, 5.41) is 3.84. The Morgan fingerprint density at radius 3 is 2.52 bits per heavy atom. The number of rotatable bonds is 5. The van der Waals surface area contributed by atoms with Crippen molar-refractivity contribution in [2.24, 2.45) is 0 Å². The van der Waals surface area contributed by atoms with Crippen LogP contribution in [0.25, 0.3) is 38.2 Å². The highest BCUT2D eigenvalue weighted by Crippen LogP contribution is 2.34. The first kappa shape index (κ1) is 19.0. The van der Waals surface area contributed by atoms with Crippen LogP contribution in [0.4, 0.5) is 5.69 Å². The molecule has 0 aliphatic heterocycles. The topological polar surface area (TPSA) is 55.1 Å². The molecule has 5 heteroatoms. The van der Waals surface area contributed by atoms with Crippen LogP contribution in [0.3, 0.4) is 0 Å². The molecule has 0 atom stereocenters. The number of hydrogen-bond donors (Lipinski definition) is 1. The monoisotopic (exact) mass is 422 g/mol. The highest BCUT2D eigenvalue weighted by atomic mass is 32.1. The Hall–Kier alpha value is -3.96. The zero-order chi connectivity index (χ0) is 21.0. The smallest absolute Gasteiger partial charge is 0.248 e. The molecule has 0 bridgehead atoms. The summed E-state index contributed by atoms with van der Waals surface area (Å²) < 4.78 is 6.94. The summed E-state index contributed by atoms with van der Waals surface area (Å²) in [6.07, 6.45) is 3.14. The molecule has 5 aromatic rings. The van der Waals surface area contributed by atoms with Crippen LogP contribution in [-0.4, -0.2) is 10.9 Å². The van der Waals surface area contributed by atoms with Gasteiger partial charge in [-0.3, -0.25) is 4.79 Å². The molecule has 150 valence electrons. The van der Waals surface area contributed by atoms with Gasteiger partial charge in [-0.2, -0.15) is 0 Å². The van der Waals surface area contributed by atoms with Gasteiger partial charge in [-0.05, 0) is 42.5 Å². The Bertz CT molecular complexity index is 1350. The fourth-order valence-corrected chi connectivity index (χ4v) is 4.30. The van der Waals surface area contributed by atoms with E-state index in [1.807, 2.05) is 91.0 Å². The number of hydrogen-bond acceptors (Lipinski definition) is 4. The van der Waals surface area contributed by atoms with Crippen LogP contribution in [-0.2, 0) is 4.79 Å². The number of amides is 1. The lowest BCUT2D eigenvalue weighted by Gasteiger charge is -2.07. The zero-order valence-electron chi connectivity index (χ0n) is 16.5. The number of anilines is 1. The third kappa shape index (κ3) is 4.17. The maximum absolute atomic E-state index is 12.6. The Kier molecular flexibility index (Phi) is 5.17. The molecular weight excluding hydrogens is 404 g/mol. The summed E-state index contributed by atoms with van der Waals surface area (Å²) in [6.45, 7) is 0. The highest BCUT2D eigenvalue weighted by Gasteiger charge is 2.11. The Morgan fingerprint density at radius 2 is 1.65 bits per heavy atom. The van der Waals surface area contributed by atoms with Gasteiger partial charge in [0.25, 0.3) is 0 Å². The molecule has 1 amide bonds. The second-order valence-electron chi connectivity index (χ2n) is 6.92. The van der Waals surface area contributed by atoms with Gasteiger partial charge in [0.15, 0.2) is 0 Å². The molecule has 1 N–H and O–H groups in total. The summed E-state index contributed by atoms with van der Waals surface area (Å²) in [4.78, 5) is 17.3. The summed E-state index contributed by atoms with van der Waals surface area (Å²) in [5.41, 5.74) is 3.57. The standard InChI is InChI=1S/C26H18N2O2S/c29-25(17-15-19-14-16-23(30-19)18-8-2-1-3-9-18)27-21-11-5-4-10-20(21)26-28-22-12-6-7-13-24(22)31-26/h1-17H,(H,27,29)/b17-15+. The number of carbonyl (C=O) groups excluding carboxylic acids is 1. The SMILES string of the molecule is O=C(/C=C/c1ccc(-c2ccccc2)o1)Nc1ccccc1-c1nc2ccccc2s1. The largest absolute Gasteiger partial charge is 0.457 e. The molecule has 31 heavy (non-hydrogen) atoms. The fraction of sp³-hybridized carbons (Fsp3) is 0. The molecule has 0 unspecified atom stereocenters. The van der Waals surface area contributed by atoms with Crippen molar-refractivity contribution in [1.82, 2.24) is 4.98 Å². The van der Waals surface area contributed by atoms with E-state index in [2.05, 4.69) is 5.32 Å². The van der Waals surface area contributed by atoms with Crippen LogP contribution in [0.15, 0.2) is 101 Å². The van der Waals surface area contributed by atoms with Crippen molar-refractivity contribution >= 4 is 39.2 Å². The number of carbonyl (C=O) groups is 1. The lowest BCUT2D eigenvalue weighted by atomic mass is 10.2. The molecule has 4 nitrogen and oxygen atoms in total. The number of nitrogens with zero attached hydrogens (tertiary/aromatic N) is 1. The van der Waals surface area contributed by atoms with Gasteiger partial charge in [0.2, 0.25) is 5.91 Å². The quantitative estimate of drug-likeness (QED) is 0.314. The average Bonchev–Trinajstić information content (AvgIpc) is 3.46. The first-order valence-electron chi connectivity index (χ1n) is 9.85. The maximum atomic E-state index is 12.6. The molecular formula is C26H18N2O2S.